The first kappa shape index (κ1) is 20.6. The van der Waals surface area contributed by atoms with E-state index in [0.29, 0.717) is 22.9 Å². The standard InChI is InChI=1S/C22H21FN4OS2/c1-14-8-10-16(11-9-14)29-12-4-7-20(28)24-19-13-15(2)26-27(19)22-25-21-17(23)5-3-6-18(21)30-22/h3,5-6,8-11,13H,4,7,12H2,1-2H3,(H,24,28). The lowest BCUT2D eigenvalue weighted by Crippen LogP contribution is -2.14. The van der Waals surface area contributed by atoms with Gasteiger partial charge in [0.15, 0.2) is 0 Å². The number of benzene rings is 2. The number of anilines is 1. The second-order valence-corrected chi connectivity index (χ2v) is 9.16. The van der Waals surface area contributed by atoms with E-state index in [9.17, 15) is 9.18 Å². The van der Waals surface area contributed by atoms with Gasteiger partial charge in [0.1, 0.15) is 17.2 Å². The molecule has 2 heterocycles. The summed E-state index contributed by atoms with van der Waals surface area (Å²) >= 11 is 3.08. The monoisotopic (exact) mass is 440 g/mol. The summed E-state index contributed by atoms with van der Waals surface area (Å²) in [4.78, 5) is 18.0. The summed E-state index contributed by atoms with van der Waals surface area (Å²) in [6.07, 6.45) is 1.18. The number of carbonyl (C=O) groups excluding carboxylic acids is 1. The largest absolute Gasteiger partial charge is 0.311 e. The van der Waals surface area contributed by atoms with Crippen LogP contribution in [0.25, 0.3) is 15.3 Å². The van der Waals surface area contributed by atoms with Crippen molar-refractivity contribution in [3.05, 3.63) is 65.6 Å². The summed E-state index contributed by atoms with van der Waals surface area (Å²) in [5.74, 6) is 0.970. The predicted molar refractivity (Wildman–Crippen MR) is 121 cm³/mol. The minimum atomic E-state index is -0.365. The van der Waals surface area contributed by atoms with Crippen molar-refractivity contribution < 1.29 is 9.18 Å². The molecular formula is C22H21FN4OS2. The molecule has 0 saturated carbocycles. The van der Waals surface area contributed by atoms with Crippen LogP contribution in [-0.2, 0) is 4.79 Å². The SMILES string of the molecule is Cc1ccc(SCCCC(=O)Nc2cc(C)nn2-c2nc3c(F)cccc3s2)cc1. The highest BCUT2D eigenvalue weighted by atomic mass is 32.2. The van der Waals surface area contributed by atoms with E-state index >= 15 is 0 Å². The summed E-state index contributed by atoms with van der Waals surface area (Å²) < 4.78 is 16.3. The van der Waals surface area contributed by atoms with Crippen LogP contribution in [0.3, 0.4) is 0 Å². The number of thiazole rings is 1. The van der Waals surface area contributed by atoms with Gasteiger partial charge in [-0.1, -0.05) is 35.1 Å². The third-order valence-corrected chi connectivity index (χ3v) is 6.57. The number of amides is 1. The van der Waals surface area contributed by atoms with Crippen molar-refractivity contribution in [1.82, 2.24) is 14.8 Å². The van der Waals surface area contributed by atoms with Crippen molar-refractivity contribution in [1.29, 1.82) is 0 Å². The molecule has 8 heteroatoms. The maximum absolute atomic E-state index is 14.0. The third kappa shape index (κ3) is 4.71. The smallest absolute Gasteiger partial charge is 0.225 e. The van der Waals surface area contributed by atoms with E-state index in [1.165, 1.54) is 27.9 Å². The van der Waals surface area contributed by atoms with Crippen LogP contribution in [0.2, 0.25) is 0 Å². The van der Waals surface area contributed by atoms with Gasteiger partial charge in [0.2, 0.25) is 11.0 Å². The van der Waals surface area contributed by atoms with E-state index < -0.39 is 0 Å². The molecule has 5 nitrogen and oxygen atoms in total. The second-order valence-electron chi connectivity index (χ2n) is 6.98. The number of nitrogens with zero attached hydrogens (tertiary/aromatic N) is 3. The maximum atomic E-state index is 14.0. The van der Waals surface area contributed by atoms with Gasteiger partial charge in [-0.25, -0.2) is 9.37 Å². The van der Waals surface area contributed by atoms with Crippen molar-refractivity contribution in [2.45, 2.75) is 31.6 Å². The van der Waals surface area contributed by atoms with Crippen LogP contribution in [0.4, 0.5) is 10.2 Å². The molecule has 2 aromatic carbocycles. The van der Waals surface area contributed by atoms with Crippen molar-refractivity contribution in [2.75, 3.05) is 11.1 Å². The van der Waals surface area contributed by atoms with E-state index in [0.717, 1.165) is 22.6 Å². The molecule has 0 fully saturated rings. The van der Waals surface area contributed by atoms with E-state index in [2.05, 4.69) is 46.6 Å². The van der Waals surface area contributed by atoms with Crippen LogP contribution < -0.4 is 5.32 Å². The van der Waals surface area contributed by atoms with Crippen LogP contribution in [0.15, 0.2) is 53.4 Å². The molecule has 0 saturated heterocycles. The Bertz CT molecular complexity index is 1180. The minimum absolute atomic E-state index is 0.0760. The van der Waals surface area contributed by atoms with Crippen LogP contribution in [0.5, 0.6) is 0 Å². The number of rotatable bonds is 7. The summed E-state index contributed by atoms with van der Waals surface area (Å²) in [6.45, 7) is 3.91. The Kier molecular flexibility index (Phi) is 6.15. The van der Waals surface area contributed by atoms with Gasteiger partial charge in [-0.2, -0.15) is 9.78 Å². The summed E-state index contributed by atoms with van der Waals surface area (Å²) in [5.41, 5.74) is 2.30. The molecule has 0 radical (unpaired) electrons. The summed E-state index contributed by atoms with van der Waals surface area (Å²) in [5, 5.41) is 7.87. The van der Waals surface area contributed by atoms with Gasteiger partial charge < -0.3 is 5.32 Å². The Balaban J connectivity index is 1.39. The highest BCUT2D eigenvalue weighted by molar-refractivity contribution is 7.99. The number of hydrogen-bond acceptors (Lipinski definition) is 5. The first-order valence-electron chi connectivity index (χ1n) is 9.61. The summed E-state index contributed by atoms with van der Waals surface area (Å²) in [6, 6.07) is 15.0. The average molecular weight is 441 g/mol. The molecule has 4 aromatic rings. The van der Waals surface area contributed by atoms with E-state index in [4.69, 9.17) is 0 Å². The highest BCUT2D eigenvalue weighted by Crippen LogP contribution is 2.28. The van der Waals surface area contributed by atoms with E-state index in [1.807, 2.05) is 13.0 Å². The fourth-order valence-corrected chi connectivity index (χ4v) is 4.79. The predicted octanol–water partition coefficient (Wildman–Crippen LogP) is 5.75. The number of fused-ring (bicyclic) bond motifs is 1. The molecule has 0 atom stereocenters. The summed E-state index contributed by atoms with van der Waals surface area (Å²) in [7, 11) is 0. The average Bonchev–Trinajstić information content (AvgIpc) is 3.31. The molecule has 30 heavy (non-hydrogen) atoms. The minimum Gasteiger partial charge on any atom is -0.311 e. The molecule has 4 rings (SSSR count). The van der Waals surface area contributed by atoms with Gasteiger partial charge in [-0.3, -0.25) is 4.79 Å². The van der Waals surface area contributed by atoms with Gasteiger partial charge in [0.25, 0.3) is 0 Å². The number of hydrogen-bond donors (Lipinski definition) is 1. The molecule has 0 aliphatic carbocycles. The number of aromatic nitrogens is 3. The molecule has 2 aromatic heterocycles. The van der Waals surface area contributed by atoms with Crippen LogP contribution in [0, 0.1) is 19.7 Å². The first-order chi connectivity index (χ1) is 14.5. The lowest BCUT2D eigenvalue weighted by molar-refractivity contribution is -0.116. The molecule has 154 valence electrons. The number of para-hydroxylation sites is 1. The van der Waals surface area contributed by atoms with Crippen molar-refractivity contribution in [2.24, 2.45) is 0 Å². The van der Waals surface area contributed by atoms with Crippen molar-refractivity contribution in [3.8, 4) is 5.13 Å². The fourth-order valence-electron chi connectivity index (χ4n) is 2.99. The van der Waals surface area contributed by atoms with Crippen LogP contribution in [0.1, 0.15) is 24.1 Å². The third-order valence-electron chi connectivity index (χ3n) is 4.48. The molecular weight excluding hydrogens is 419 g/mol. The van der Waals surface area contributed by atoms with Crippen molar-refractivity contribution in [3.63, 3.8) is 0 Å². The van der Waals surface area contributed by atoms with Gasteiger partial charge in [0, 0.05) is 17.4 Å². The first-order valence-corrected chi connectivity index (χ1v) is 11.4. The molecule has 1 N–H and O–H groups in total. The zero-order valence-corrected chi connectivity index (χ0v) is 18.3. The normalized spacial score (nSPS) is 11.2. The molecule has 0 bridgehead atoms. The number of aryl methyl sites for hydroxylation is 2. The highest BCUT2D eigenvalue weighted by Gasteiger charge is 2.15. The Labute approximate surface area is 182 Å². The molecule has 0 aliphatic rings. The van der Waals surface area contributed by atoms with E-state index in [1.54, 1.807) is 28.6 Å². The lowest BCUT2D eigenvalue weighted by atomic mass is 10.2. The second kappa shape index (κ2) is 8.97. The Hall–Kier alpha value is -2.71. The van der Waals surface area contributed by atoms with Gasteiger partial charge in [0.05, 0.1) is 10.4 Å². The zero-order valence-electron chi connectivity index (χ0n) is 16.7. The topological polar surface area (TPSA) is 59.8 Å². The van der Waals surface area contributed by atoms with Gasteiger partial charge in [-0.15, -0.1) is 11.8 Å². The Morgan fingerprint density at radius 3 is 2.77 bits per heavy atom. The van der Waals surface area contributed by atoms with Crippen molar-refractivity contribution >= 4 is 45.0 Å². The van der Waals surface area contributed by atoms with Crippen LogP contribution in [-0.4, -0.2) is 26.4 Å². The number of thioether (sulfide) groups is 1. The maximum Gasteiger partial charge on any atom is 0.225 e. The lowest BCUT2D eigenvalue weighted by Gasteiger charge is -2.06. The Morgan fingerprint density at radius 1 is 1.20 bits per heavy atom. The number of nitrogens with one attached hydrogen (secondary N) is 1. The van der Waals surface area contributed by atoms with Gasteiger partial charge in [-0.05, 0) is 50.3 Å². The van der Waals surface area contributed by atoms with Gasteiger partial charge >= 0.3 is 0 Å². The number of halogens is 1. The molecule has 1 amide bonds. The quantitative estimate of drug-likeness (QED) is 0.294. The van der Waals surface area contributed by atoms with E-state index in [-0.39, 0.29) is 11.7 Å². The number of carbonyl (C=O) groups is 1. The fraction of sp³-hybridized carbons (Fsp3) is 0.227. The zero-order chi connectivity index (χ0) is 21.1. The molecule has 0 unspecified atom stereocenters. The molecule has 0 aliphatic heterocycles. The Morgan fingerprint density at radius 2 is 2.00 bits per heavy atom. The molecule has 0 spiro atoms. The van der Waals surface area contributed by atoms with Crippen LogP contribution >= 0.6 is 23.1 Å².